The van der Waals surface area contributed by atoms with E-state index >= 15 is 0 Å². The van der Waals surface area contributed by atoms with Crippen LogP contribution in [-0.4, -0.2) is 48.2 Å². The van der Waals surface area contributed by atoms with Crippen LogP contribution in [0.2, 0.25) is 0 Å². The summed E-state index contributed by atoms with van der Waals surface area (Å²) in [5, 5.41) is 0. The van der Waals surface area contributed by atoms with Crippen LogP contribution in [0, 0.1) is 5.41 Å². The van der Waals surface area contributed by atoms with Gasteiger partial charge in [-0.25, -0.2) is 0 Å². The molecule has 7 nitrogen and oxygen atoms in total. The molecule has 2 aromatic carbocycles. The lowest BCUT2D eigenvalue weighted by Gasteiger charge is -2.30. The molecule has 1 aliphatic carbocycles. The second kappa shape index (κ2) is 10.3. The summed E-state index contributed by atoms with van der Waals surface area (Å²) < 4.78 is 11.4. The van der Waals surface area contributed by atoms with Crippen LogP contribution in [-0.2, 0) is 27.5 Å². The van der Waals surface area contributed by atoms with Crippen LogP contribution < -0.4 is 9.47 Å². The van der Waals surface area contributed by atoms with Gasteiger partial charge in [-0.2, -0.15) is 0 Å². The summed E-state index contributed by atoms with van der Waals surface area (Å²) in [6, 6.07) is 15.4. The molecule has 0 atom stereocenters. The largest absolute Gasteiger partial charge is 0.493 e. The van der Waals surface area contributed by atoms with Crippen molar-refractivity contribution in [3.05, 3.63) is 59.7 Å². The van der Waals surface area contributed by atoms with Crippen molar-refractivity contribution in [3.63, 3.8) is 0 Å². The monoisotopic (exact) mass is 464 g/mol. The first kappa shape index (κ1) is 23.8. The Kier molecular flexibility index (Phi) is 7.20. The third kappa shape index (κ3) is 5.08. The topological polar surface area (TPSA) is 76.2 Å². The van der Waals surface area contributed by atoms with E-state index in [0.717, 1.165) is 43.2 Å². The molecule has 4 rings (SSSR count). The van der Waals surface area contributed by atoms with E-state index in [2.05, 4.69) is 0 Å². The molecule has 1 saturated heterocycles. The normalized spacial score (nSPS) is 17.2. The minimum Gasteiger partial charge on any atom is -0.493 e. The average molecular weight is 465 g/mol. The molecule has 2 fully saturated rings. The zero-order valence-electron chi connectivity index (χ0n) is 19.9. The molecule has 0 unspecified atom stereocenters. The number of rotatable bonds is 8. The Hall–Kier alpha value is -3.35. The maximum Gasteiger partial charge on any atom is 0.242 e. The molecule has 1 saturated carbocycles. The van der Waals surface area contributed by atoms with Crippen LogP contribution >= 0.6 is 0 Å². The molecule has 0 radical (unpaired) electrons. The molecule has 1 spiro atoms. The summed E-state index contributed by atoms with van der Waals surface area (Å²) in [6.45, 7) is 0.551. The Morgan fingerprint density at radius 3 is 2.44 bits per heavy atom. The lowest BCUT2D eigenvalue weighted by molar-refractivity contribution is -0.147. The molecule has 2 aliphatic rings. The van der Waals surface area contributed by atoms with Gasteiger partial charge in [-0.1, -0.05) is 55.7 Å². The minimum atomic E-state index is -0.572. The van der Waals surface area contributed by atoms with Gasteiger partial charge < -0.3 is 14.4 Å². The molecular weight excluding hydrogens is 432 g/mol. The van der Waals surface area contributed by atoms with Gasteiger partial charge in [-0.3, -0.25) is 19.3 Å². The summed E-state index contributed by atoms with van der Waals surface area (Å²) in [5.74, 6) is 0.544. The number of nitrogens with zero attached hydrogens (tertiary/aromatic N) is 2. The smallest absolute Gasteiger partial charge is 0.242 e. The van der Waals surface area contributed by atoms with Crippen molar-refractivity contribution in [2.75, 3.05) is 20.7 Å². The molecule has 0 bridgehead atoms. The number of likely N-dealkylation sites (tertiary alicyclic amines) is 1. The van der Waals surface area contributed by atoms with Gasteiger partial charge in [0.05, 0.1) is 12.5 Å². The molecule has 0 N–H and O–H groups in total. The standard InChI is InChI=1S/C27H32N2O5/c1-28(25(31)18-29-24(30)16-27(26(29)32)13-7-4-8-14-27)17-21-11-12-22(23(15-21)33-2)34-19-20-9-5-3-6-10-20/h3,5-6,9-12,15H,4,7-8,13-14,16-19H2,1-2H3. The van der Waals surface area contributed by atoms with E-state index in [4.69, 9.17) is 9.47 Å². The van der Waals surface area contributed by atoms with E-state index in [0.29, 0.717) is 24.7 Å². The van der Waals surface area contributed by atoms with E-state index < -0.39 is 5.41 Å². The third-order valence-electron chi connectivity index (χ3n) is 6.90. The van der Waals surface area contributed by atoms with Gasteiger partial charge in [0.1, 0.15) is 13.2 Å². The first-order valence-corrected chi connectivity index (χ1v) is 11.8. The number of ether oxygens (including phenoxy) is 2. The predicted octanol–water partition coefficient (Wildman–Crippen LogP) is 3.94. The van der Waals surface area contributed by atoms with Crippen molar-refractivity contribution in [2.45, 2.75) is 51.7 Å². The molecule has 34 heavy (non-hydrogen) atoms. The Bertz CT molecular complexity index is 1050. The van der Waals surface area contributed by atoms with E-state index in [9.17, 15) is 14.4 Å². The molecular formula is C27H32N2O5. The predicted molar refractivity (Wildman–Crippen MR) is 127 cm³/mol. The number of hydrogen-bond acceptors (Lipinski definition) is 5. The maximum atomic E-state index is 13.0. The second-order valence-electron chi connectivity index (χ2n) is 9.31. The van der Waals surface area contributed by atoms with Crippen LogP contribution in [0.3, 0.4) is 0 Å². The SMILES string of the molecule is COc1cc(CN(C)C(=O)CN2C(=O)CC3(CCCCC3)C2=O)ccc1OCc1ccccc1. The Morgan fingerprint density at radius 1 is 1.00 bits per heavy atom. The lowest BCUT2D eigenvalue weighted by atomic mass is 9.73. The van der Waals surface area contributed by atoms with Crippen molar-refractivity contribution in [3.8, 4) is 11.5 Å². The highest BCUT2D eigenvalue weighted by Crippen LogP contribution is 2.45. The fourth-order valence-electron chi connectivity index (χ4n) is 4.92. The van der Waals surface area contributed by atoms with Crippen molar-refractivity contribution in [1.82, 2.24) is 9.80 Å². The molecule has 180 valence electrons. The van der Waals surface area contributed by atoms with Gasteiger partial charge >= 0.3 is 0 Å². The fourth-order valence-corrected chi connectivity index (χ4v) is 4.92. The molecule has 2 aromatic rings. The minimum absolute atomic E-state index is 0.166. The van der Waals surface area contributed by atoms with E-state index in [1.54, 1.807) is 14.2 Å². The van der Waals surface area contributed by atoms with Gasteiger partial charge in [0.15, 0.2) is 11.5 Å². The zero-order valence-corrected chi connectivity index (χ0v) is 19.9. The first-order valence-electron chi connectivity index (χ1n) is 11.8. The van der Waals surface area contributed by atoms with Crippen LogP contribution in [0.5, 0.6) is 11.5 Å². The van der Waals surface area contributed by atoms with E-state index in [1.165, 1.54) is 9.80 Å². The van der Waals surface area contributed by atoms with Crippen LogP contribution in [0.25, 0.3) is 0 Å². The summed E-state index contributed by atoms with van der Waals surface area (Å²) in [5.41, 5.74) is 1.35. The Labute approximate surface area is 200 Å². The van der Waals surface area contributed by atoms with Gasteiger partial charge in [0.2, 0.25) is 17.7 Å². The number of hydrogen-bond donors (Lipinski definition) is 0. The summed E-state index contributed by atoms with van der Waals surface area (Å²) in [4.78, 5) is 41.1. The van der Waals surface area contributed by atoms with Crippen LogP contribution in [0.4, 0.5) is 0 Å². The molecule has 3 amide bonds. The van der Waals surface area contributed by atoms with Crippen molar-refractivity contribution < 1.29 is 23.9 Å². The molecule has 0 aromatic heterocycles. The van der Waals surface area contributed by atoms with Crippen molar-refractivity contribution >= 4 is 17.7 Å². The molecule has 1 heterocycles. The number of methoxy groups -OCH3 is 1. The van der Waals surface area contributed by atoms with Crippen LogP contribution in [0.1, 0.15) is 49.7 Å². The fraction of sp³-hybridized carbons (Fsp3) is 0.444. The van der Waals surface area contributed by atoms with Crippen molar-refractivity contribution in [2.24, 2.45) is 5.41 Å². The van der Waals surface area contributed by atoms with Crippen molar-refractivity contribution in [1.29, 1.82) is 0 Å². The number of imide groups is 1. The van der Waals surface area contributed by atoms with Gasteiger partial charge in [0, 0.05) is 20.0 Å². The highest BCUT2D eigenvalue weighted by molar-refractivity contribution is 6.08. The summed E-state index contributed by atoms with van der Waals surface area (Å²) in [6.07, 6.45) is 4.77. The maximum absolute atomic E-state index is 13.0. The Balaban J connectivity index is 1.36. The van der Waals surface area contributed by atoms with E-state index in [-0.39, 0.29) is 30.7 Å². The summed E-state index contributed by atoms with van der Waals surface area (Å²) >= 11 is 0. The number of amides is 3. The second-order valence-corrected chi connectivity index (χ2v) is 9.31. The average Bonchev–Trinajstić information content (AvgIpc) is 3.07. The summed E-state index contributed by atoms with van der Waals surface area (Å²) in [7, 11) is 3.26. The first-order chi connectivity index (χ1) is 16.4. The number of benzene rings is 2. The Morgan fingerprint density at radius 2 is 1.74 bits per heavy atom. The molecule has 7 heteroatoms. The number of carbonyl (C=O) groups excluding carboxylic acids is 3. The third-order valence-corrected chi connectivity index (χ3v) is 6.90. The zero-order chi connectivity index (χ0) is 24.1. The lowest BCUT2D eigenvalue weighted by Crippen LogP contribution is -2.43. The number of likely N-dealkylation sites (N-methyl/N-ethyl adjacent to an activating group) is 1. The highest BCUT2D eigenvalue weighted by atomic mass is 16.5. The van der Waals surface area contributed by atoms with Gasteiger partial charge in [-0.15, -0.1) is 0 Å². The number of carbonyl (C=O) groups is 3. The van der Waals surface area contributed by atoms with Gasteiger partial charge in [0.25, 0.3) is 0 Å². The van der Waals surface area contributed by atoms with E-state index in [1.807, 2.05) is 48.5 Å². The highest BCUT2D eigenvalue weighted by Gasteiger charge is 2.51. The van der Waals surface area contributed by atoms with Gasteiger partial charge in [-0.05, 0) is 36.1 Å². The van der Waals surface area contributed by atoms with Crippen LogP contribution in [0.15, 0.2) is 48.5 Å². The quantitative estimate of drug-likeness (QED) is 0.553. The molecule has 1 aliphatic heterocycles.